The van der Waals surface area contributed by atoms with Gasteiger partial charge in [0, 0.05) is 13.1 Å². The number of rotatable bonds is 2. The van der Waals surface area contributed by atoms with Crippen LogP contribution in [0.25, 0.3) is 0 Å². The summed E-state index contributed by atoms with van der Waals surface area (Å²) >= 11 is 0. The van der Waals surface area contributed by atoms with Gasteiger partial charge in [0.1, 0.15) is 5.56 Å². The van der Waals surface area contributed by atoms with E-state index in [0.717, 1.165) is 19.5 Å². The Morgan fingerprint density at radius 2 is 2.47 bits per heavy atom. The lowest BCUT2D eigenvalue weighted by Gasteiger charge is -2.17. The smallest absolute Gasteiger partial charge is 0.339 e. The third kappa shape index (κ3) is 1.91. The van der Waals surface area contributed by atoms with Gasteiger partial charge in [-0.25, -0.2) is 4.79 Å². The second-order valence-electron chi connectivity index (χ2n) is 3.91. The first-order valence-electron chi connectivity index (χ1n) is 4.98. The number of carboxylic acids is 1. The molecule has 1 saturated heterocycles. The molecule has 2 rings (SSSR count). The van der Waals surface area contributed by atoms with E-state index in [9.17, 15) is 4.79 Å². The number of carboxylic acid groups (broad SMARTS) is 1. The zero-order valence-electron chi connectivity index (χ0n) is 8.55. The molecule has 1 fully saturated rings. The van der Waals surface area contributed by atoms with Gasteiger partial charge in [0.05, 0.1) is 6.20 Å². The molecule has 80 valence electrons. The van der Waals surface area contributed by atoms with Crippen molar-refractivity contribution in [2.75, 3.05) is 18.0 Å². The standard InChI is InChI=1S/C10H13N3O2/c1-7-3-5-13(6-7)9-8(10(14)15)2-4-11-12-9/h2,4,7H,3,5-6H2,1H3,(H,14,15). The van der Waals surface area contributed by atoms with Crippen LogP contribution in [0.15, 0.2) is 12.3 Å². The maximum Gasteiger partial charge on any atom is 0.339 e. The van der Waals surface area contributed by atoms with Gasteiger partial charge in [0.25, 0.3) is 0 Å². The molecule has 1 aliphatic heterocycles. The van der Waals surface area contributed by atoms with Crippen LogP contribution in [0.2, 0.25) is 0 Å². The number of aromatic nitrogens is 2. The fraction of sp³-hybridized carbons (Fsp3) is 0.500. The maximum atomic E-state index is 11.0. The predicted octanol–water partition coefficient (Wildman–Crippen LogP) is 1.02. The van der Waals surface area contributed by atoms with E-state index >= 15 is 0 Å². The van der Waals surface area contributed by atoms with E-state index in [4.69, 9.17) is 5.11 Å². The van der Waals surface area contributed by atoms with Crippen molar-refractivity contribution in [3.05, 3.63) is 17.8 Å². The van der Waals surface area contributed by atoms with E-state index in [1.807, 2.05) is 4.90 Å². The summed E-state index contributed by atoms with van der Waals surface area (Å²) in [5, 5.41) is 16.7. The van der Waals surface area contributed by atoms with Crippen molar-refractivity contribution in [3.8, 4) is 0 Å². The van der Waals surface area contributed by atoms with Crippen molar-refractivity contribution in [2.45, 2.75) is 13.3 Å². The van der Waals surface area contributed by atoms with Crippen LogP contribution in [0.5, 0.6) is 0 Å². The Morgan fingerprint density at radius 3 is 3.07 bits per heavy atom. The highest BCUT2D eigenvalue weighted by molar-refractivity contribution is 5.93. The molecule has 0 amide bonds. The van der Waals surface area contributed by atoms with Gasteiger partial charge in [-0.3, -0.25) is 0 Å². The van der Waals surface area contributed by atoms with Crippen molar-refractivity contribution < 1.29 is 9.90 Å². The SMILES string of the molecule is CC1CCN(c2nnccc2C(=O)O)C1. The lowest BCUT2D eigenvalue weighted by molar-refractivity contribution is 0.0697. The average molecular weight is 207 g/mol. The van der Waals surface area contributed by atoms with Gasteiger partial charge < -0.3 is 10.0 Å². The van der Waals surface area contributed by atoms with E-state index in [1.54, 1.807) is 0 Å². The second kappa shape index (κ2) is 3.84. The Labute approximate surface area is 87.7 Å². The van der Waals surface area contributed by atoms with Crippen molar-refractivity contribution >= 4 is 11.8 Å². The number of nitrogens with zero attached hydrogens (tertiary/aromatic N) is 3. The summed E-state index contributed by atoms with van der Waals surface area (Å²) in [6.45, 7) is 3.87. The lowest BCUT2D eigenvalue weighted by Crippen LogP contribution is -2.23. The lowest BCUT2D eigenvalue weighted by atomic mass is 10.2. The number of carbonyl (C=O) groups is 1. The number of hydrogen-bond donors (Lipinski definition) is 1. The van der Waals surface area contributed by atoms with Gasteiger partial charge in [0.2, 0.25) is 0 Å². The summed E-state index contributed by atoms with van der Waals surface area (Å²) in [5.41, 5.74) is 0.235. The molecule has 1 aromatic rings. The summed E-state index contributed by atoms with van der Waals surface area (Å²) in [4.78, 5) is 13.0. The highest BCUT2D eigenvalue weighted by Crippen LogP contribution is 2.23. The summed E-state index contributed by atoms with van der Waals surface area (Å²) < 4.78 is 0. The van der Waals surface area contributed by atoms with Gasteiger partial charge in [-0.2, -0.15) is 5.10 Å². The molecule has 1 aromatic heterocycles. The third-order valence-electron chi connectivity index (χ3n) is 2.66. The Morgan fingerprint density at radius 1 is 1.67 bits per heavy atom. The van der Waals surface area contributed by atoms with Crippen molar-refractivity contribution in [3.63, 3.8) is 0 Å². The van der Waals surface area contributed by atoms with Crippen LogP contribution < -0.4 is 4.90 Å². The molecular weight excluding hydrogens is 194 g/mol. The van der Waals surface area contributed by atoms with Crippen molar-refractivity contribution in [2.24, 2.45) is 5.92 Å². The summed E-state index contributed by atoms with van der Waals surface area (Å²) in [6, 6.07) is 1.49. The molecule has 2 heterocycles. The van der Waals surface area contributed by atoms with Gasteiger partial charge >= 0.3 is 5.97 Å². The molecule has 0 aliphatic carbocycles. The highest BCUT2D eigenvalue weighted by atomic mass is 16.4. The molecule has 1 atom stereocenters. The number of aromatic carboxylic acids is 1. The average Bonchev–Trinajstić information content (AvgIpc) is 2.65. The zero-order valence-corrected chi connectivity index (χ0v) is 8.55. The Balaban J connectivity index is 2.31. The van der Waals surface area contributed by atoms with Crippen LogP contribution >= 0.6 is 0 Å². The minimum absolute atomic E-state index is 0.235. The van der Waals surface area contributed by atoms with Crippen LogP contribution in [0.3, 0.4) is 0 Å². The molecule has 0 aromatic carbocycles. The molecule has 5 nitrogen and oxygen atoms in total. The Kier molecular flexibility index (Phi) is 2.53. The van der Waals surface area contributed by atoms with Crippen molar-refractivity contribution in [1.82, 2.24) is 10.2 Å². The van der Waals surface area contributed by atoms with Crippen LogP contribution in [0.4, 0.5) is 5.82 Å². The topological polar surface area (TPSA) is 66.3 Å². The first-order chi connectivity index (χ1) is 7.18. The summed E-state index contributed by atoms with van der Waals surface area (Å²) in [5.74, 6) is 0.141. The fourth-order valence-corrected chi connectivity index (χ4v) is 1.85. The molecule has 1 unspecified atom stereocenters. The molecule has 1 aliphatic rings. The van der Waals surface area contributed by atoms with E-state index in [2.05, 4.69) is 17.1 Å². The number of anilines is 1. The molecule has 5 heteroatoms. The van der Waals surface area contributed by atoms with E-state index in [0.29, 0.717) is 11.7 Å². The molecule has 0 spiro atoms. The van der Waals surface area contributed by atoms with E-state index < -0.39 is 5.97 Å². The maximum absolute atomic E-state index is 11.0. The summed E-state index contributed by atoms with van der Waals surface area (Å²) in [7, 11) is 0. The van der Waals surface area contributed by atoms with Gasteiger partial charge in [-0.05, 0) is 18.4 Å². The minimum Gasteiger partial charge on any atom is -0.478 e. The van der Waals surface area contributed by atoms with Crippen LogP contribution in [0.1, 0.15) is 23.7 Å². The van der Waals surface area contributed by atoms with Crippen molar-refractivity contribution in [1.29, 1.82) is 0 Å². The Hall–Kier alpha value is -1.65. The normalized spacial score (nSPS) is 20.6. The quantitative estimate of drug-likeness (QED) is 0.784. The van der Waals surface area contributed by atoms with E-state index in [-0.39, 0.29) is 5.56 Å². The van der Waals surface area contributed by atoms with Crippen LogP contribution in [0, 0.1) is 5.92 Å². The van der Waals surface area contributed by atoms with E-state index in [1.165, 1.54) is 12.3 Å². The van der Waals surface area contributed by atoms with Gasteiger partial charge in [-0.15, -0.1) is 5.10 Å². The zero-order chi connectivity index (χ0) is 10.8. The molecule has 0 saturated carbocycles. The Bertz CT molecular complexity index is 381. The van der Waals surface area contributed by atoms with Gasteiger partial charge in [0.15, 0.2) is 5.82 Å². The largest absolute Gasteiger partial charge is 0.478 e. The molecule has 0 radical (unpaired) electrons. The van der Waals surface area contributed by atoms with Gasteiger partial charge in [-0.1, -0.05) is 6.92 Å². The van der Waals surface area contributed by atoms with Crippen LogP contribution in [-0.2, 0) is 0 Å². The molecule has 0 bridgehead atoms. The predicted molar refractivity (Wildman–Crippen MR) is 55.0 cm³/mol. The fourth-order valence-electron chi connectivity index (χ4n) is 1.85. The summed E-state index contributed by atoms with van der Waals surface area (Å²) in [6.07, 6.45) is 2.49. The van der Waals surface area contributed by atoms with Crippen LogP contribution in [-0.4, -0.2) is 34.4 Å². The highest BCUT2D eigenvalue weighted by Gasteiger charge is 2.24. The molecule has 15 heavy (non-hydrogen) atoms. The first-order valence-corrected chi connectivity index (χ1v) is 4.98. The first kappa shape index (κ1) is 9.89. The third-order valence-corrected chi connectivity index (χ3v) is 2.66. The monoisotopic (exact) mass is 207 g/mol. The molecule has 1 N–H and O–H groups in total. The number of hydrogen-bond acceptors (Lipinski definition) is 4. The molecular formula is C10H13N3O2. The minimum atomic E-state index is -0.945. The second-order valence-corrected chi connectivity index (χ2v) is 3.91.